The molecule has 1 aliphatic rings. The topological polar surface area (TPSA) is 24.5 Å². The summed E-state index contributed by atoms with van der Waals surface area (Å²) in [6, 6.07) is 7.28. The maximum Gasteiger partial charge on any atom is 0.389 e. The summed E-state index contributed by atoms with van der Waals surface area (Å²) in [6.45, 7) is 9.06. The highest BCUT2D eigenvalue weighted by atomic mass is 35.5. The van der Waals surface area contributed by atoms with E-state index in [0.717, 1.165) is 37.5 Å². The second kappa shape index (κ2) is 10.6. The largest absolute Gasteiger partial charge is 0.488 e. The number of hydrogen-bond acceptors (Lipinski definition) is 3. The number of alkyl halides is 3. The summed E-state index contributed by atoms with van der Waals surface area (Å²) in [6.07, 6.45) is -4.80. The molecule has 2 rings (SSSR count). The fourth-order valence-electron chi connectivity index (χ4n) is 2.97. The zero-order valence-electron chi connectivity index (χ0n) is 15.4. The lowest BCUT2D eigenvalue weighted by atomic mass is 9.99. The summed E-state index contributed by atoms with van der Waals surface area (Å²) >= 11 is 0. The van der Waals surface area contributed by atoms with Gasteiger partial charge in [-0.1, -0.05) is 12.1 Å². The molecule has 1 atom stereocenters. The lowest BCUT2D eigenvalue weighted by Crippen LogP contribution is -2.45. The van der Waals surface area contributed by atoms with Gasteiger partial charge in [0.15, 0.2) is 0 Å². The Hall–Kier alpha value is -0.690. The molecule has 1 aromatic rings. The van der Waals surface area contributed by atoms with Crippen molar-refractivity contribution in [3.8, 4) is 5.75 Å². The molecule has 3 nitrogen and oxygen atoms in total. The summed E-state index contributed by atoms with van der Waals surface area (Å²) in [7, 11) is 0. The minimum absolute atomic E-state index is 0. The standard InChI is InChI=1S/C18H27F3N2O.2ClH/c1-17(2,3)24-15-6-4-14(5-7-15)16(8-9-18(19,20)21)23-12-10-22-11-13-23;;/h4-7,16,22H,8-13H2,1-3H3;2*1H/t16-;;/m1../s1. The zero-order chi connectivity index (χ0) is 17.8. The van der Waals surface area contributed by atoms with Crippen molar-refractivity contribution in [2.45, 2.75) is 51.4 Å². The van der Waals surface area contributed by atoms with Gasteiger partial charge in [-0.05, 0) is 44.9 Å². The van der Waals surface area contributed by atoms with Crippen LogP contribution in [0.4, 0.5) is 13.2 Å². The lowest BCUT2D eigenvalue weighted by molar-refractivity contribution is -0.138. The van der Waals surface area contributed by atoms with Crippen LogP contribution in [0.1, 0.15) is 45.2 Å². The quantitative estimate of drug-likeness (QED) is 0.730. The van der Waals surface area contributed by atoms with Gasteiger partial charge in [0, 0.05) is 38.6 Å². The highest BCUT2D eigenvalue weighted by Gasteiger charge is 2.31. The molecule has 1 heterocycles. The summed E-state index contributed by atoms with van der Waals surface area (Å²) in [4.78, 5) is 2.14. The van der Waals surface area contributed by atoms with Crippen LogP contribution < -0.4 is 10.1 Å². The third-order valence-corrected chi connectivity index (χ3v) is 3.98. The van der Waals surface area contributed by atoms with E-state index in [0.29, 0.717) is 0 Å². The molecule has 8 heteroatoms. The number of rotatable bonds is 5. The predicted molar refractivity (Wildman–Crippen MR) is 104 cm³/mol. The normalized spacial score (nSPS) is 17.0. The zero-order valence-corrected chi connectivity index (χ0v) is 17.1. The Kier molecular flexibility index (Phi) is 10.3. The van der Waals surface area contributed by atoms with Gasteiger partial charge in [0.2, 0.25) is 0 Å². The molecule has 0 bridgehead atoms. The Morgan fingerprint density at radius 2 is 1.58 bits per heavy atom. The molecule has 1 aliphatic heterocycles. The van der Waals surface area contributed by atoms with E-state index in [1.807, 2.05) is 45.0 Å². The molecule has 152 valence electrons. The maximum absolute atomic E-state index is 12.7. The Morgan fingerprint density at radius 1 is 1.04 bits per heavy atom. The molecule has 0 radical (unpaired) electrons. The van der Waals surface area contributed by atoms with E-state index in [1.54, 1.807) is 0 Å². The Labute approximate surface area is 166 Å². The van der Waals surface area contributed by atoms with Crippen LogP contribution in [0.5, 0.6) is 5.75 Å². The SMILES string of the molecule is CC(C)(C)Oc1ccc([C@@H](CCC(F)(F)F)N2CCNCC2)cc1.Cl.Cl. The van der Waals surface area contributed by atoms with Crippen LogP contribution in [0.25, 0.3) is 0 Å². The van der Waals surface area contributed by atoms with Crippen molar-refractivity contribution in [3.05, 3.63) is 29.8 Å². The molecule has 0 amide bonds. The van der Waals surface area contributed by atoms with Gasteiger partial charge < -0.3 is 10.1 Å². The minimum Gasteiger partial charge on any atom is -0.488 e. The number of hydrogen-bond donors (Lipinski definition) is 1. The monoisotopic (exact) mass is 416 g/mol. The average molecular weight is 417 g/mol. The van der Waals surface area contributed by atoms with Crippen LogP contribution in [-0.4, -0.2) is 42.9 Å². The molecule has 1 N–H and O–H groups in total. The summed E-state index contributed by atoms with van der Waals surface area (Å²) in [5.41, 5.74) is 0.623. The van der Waals surface area contributed by atoms with Crippen LogP contribution in [0.3, 0.4) is 0 Å². The first-order chi connectivity index (χ1) is 11.1. The van der Waals surface area contributed by atoms with E-state index in [4.69, 9.17) is 4.74 Å². The molecule has 1 saturated heterocycles. The van der Waals surface area contributed by atoms with Gasteiger partial charge in [0.1, 0.15) is 11.4 Å². The molecule has 0 unspecified atom stereocenters. The van der Waals surface area contributed by atoms with Crippen molar-refractivity contribution < 1.29 is 17.9 Å². The lowest BCUT2D eigenvalue weighted by Gasteiger charge is -2.35. The van der Waals surface area contributed by atoms with E-state index in [2.05, 4.69) is 10.2 Å². The van der Waals surface area contributed by atoms with E-state index < -0.39 is 12.6 Å². The average Bonchev–Trinajstić information content (AvgIpc) is 2.47. The van der Waals surface area contributed by atoms with Crippen molar-refractivity contribution in [1.82, 2.24) is 10.2 Å². The molecule has 1 aromatic carbocycles. The van der Waals surface area contributed by atoms with E-state index in [9.17, 15) is 13.2 Å². The highest BCUT2D eigenvalue weighted by Crippen LogP contribution is 2.32. The van der Waals surface area contributed by atoms with Crippen LogP contribution in [0.15, 0.2) is 24.3 Å². The van der Waals surface area contributed by atoms with Crippen molar-refractivity contribution >= 4 is 24.8 Å². The van der Waals surface area contributed by atoms with Crippen molar-refractivity contribution in [3.63, 3.8) is 0 Å². The fraction of sp³-hybridized carbons (Fsp3) is 0.667. The second-order valence-corrected chi connectivity index (χ2v) is 7.24. The van der Waals surface area contributed by atoms with Crippen molar-refractivity contribution in [2.75, 3.05) is 26.2 Å². The van der Waals surface area contributed by atoms with Gasteiger partial charge in [0.25, 0.3) is 0 Å². The third-order valence-electron chi connectivity index (χ3n) is 3.98. The first-order valence-electron chi connectivity index (χ1n) is 8.44. The number of nitrogens with one attached hydrogen (secondary N) is 1. The van der Waals surface area contributed by atoms with Crippen molar-refractivity contribution in [1.29, 1.82) is 0 Å². The molecular weight excluding hydrogens is 388 g/mol. The molecule has 0 aromatic heterocycles. The van der Waals surface area contributed by atoms with E-state index >= 15 is 0 Å². The molecule has 1 fully saturated rings. The van der Waals surface area contributed by atoms with Crippen molar-refractivity contribution in [2.24, 2.45) is 0 Å². The number of halogens is 5. The molecular formula is C18H29Cl2F3N2O. The fourth-order valence-corrected chi connectivity index (χ4v) is 2.97. The summed E-state index contributed by atoms with van der Waals surface area (Å²) in [5, 5.41) is 3.24. The van der Waals surface area contributed by atoms with E-state index in [1.165, 1.54) is 0 Å². The van der Waals surface area contributed by atoms with Crippen LogP contribution in [-0.2, 0) is 0 Å². The van der Waals surface area contributed by atoms with Gasteiger partial charge in [-0.2, -0.15) is 13.2 Å². The Bertz CT molecular complexity index is 513. The van der Waals surface area contributed by atoms with Gasteiger partial charge >= 0.3 is 6.18 Å². The number of piperazine rings is 1. The van der Waals surface area contributed by atoms with Gasteiger partial charge in [0.05, 0.1) is 0 Å². The van der Waals surface area contributed by atoms with E-state index in [-0.39, 0.29) is 42.9 Å². The first kappa shape index (κ1) is 25.3. The van der Waals surface area contributed by atoms with Crippen LogP contribution in [0.2, 0.25) is 0 Å². The van der Waals surface area contributed by atoms with Crippen LogP contribution >= 0.6 is 24.8 Å². The number of ether oxygens (including phenoxy) is 1. The van der Waals surface area contributed by atoms with Gasteiger partial charge in [-0.3, -0.25) is 4.90 Å². The molecule has 26 heavy (non-hydrogen) atoms. The summed E-state index contributed by atoms with van der Waals surface area (Å²) < 4.78 is 43.9. The van der Waals surface area contributed by atoms with Crippen LogP contribution in [0, 0.1) is 0 Å². The molecule has 0 spiro atoms. The van der Waals surface area contributed by atoms with Gasteiger partial charge in [-0.15, -0.1) is 24.8 Å². The molecule has 0 saturated carbocycles. The third kappa shape index (κ3) is 8.80. The number of benzene rings is 1. The minimum atomic E-state index is -4.12. The maximum atomic E-state index is 12.7. The first-order valence-corrected chi connectivity index (χ1v) is 8.44. The van der Waals surface area contributed by atoms with Gasteiger partial charge in [-0.25, -0.2) is 0 Å². The Balaban J connectivity index is 0.00000312. The Morgan fingerprint density at radius 3 is 2.04 bits per heavy atom. The smallest absolute Gasteiger partial charge is 0.389 e. The highest BCUT2D eigenvalue weighted by molar-refractivity contribution is 5.85. The summed E-state index contributed by atoms with van der Waals surface area (Å²) in [5.74, 6) is 0.737. The molecule has 0 aliphatic carbocycles. The number of nitrogens with zero attached hydrogens (tertiary/aromatic N) is 1. The second-order valence-electron chi connectivity index (χ2n) is 7.24. The predicted octanol–water partition coefficient (Wildman–Crippen LogP) is 5.00.